The number of aromatic nitrogens is 2. The van der Waals surface area contributed by atoms with Crippen LogP contribution in [-0.2, 0) is 33.9 Å². The maximum Gasteiger partial charge on any atom is 0.229 e. The fourth-order valence-corrected chi connectivity index (χ4v) is 4.91. The van der Waals surface area contributed by atoms with Gasteiger partial charge in [-0.25, -0.2) is 9.97 Å². The molecule has 0 radical (unpaired) electrons. The molecule has 29 heavy (non-hydrogen) atoms. The number of rotatable bonds is 4. The lowest BCUT2D eigenvalue weighted by Crippen LogP contribution is -2.40. The van der Waals surface area contributed by atoms with Gasteiger partial charge in [0.1, 0.15) is 18.1 Å². The topological polar surface area (TPSA) is 88.8 Å². The van der Waals surface area contributed by atoms with Crippen molar-refractivity contribution < 1.29 is 18.7 Å². The highest BCUT2D eigenvalue weighted by Crippen LogP contribution is 2.33. The molecule has 4 heterocycles. The summed E-state index contributed by atoms with van der Waals surface area (Å²) in [4.78, 5) is 38.1. The number of para-hydroxylation sites is 1. The molecule has 0 bridgehead atoms. The molecular formula is C20H20N4O4S. The van der Waals surface area contributed by atoms with E-state index in [0.717, 1.165) is 21.7 Å². The van der Waals surface area contributed by atoms with Gasteiger partial charge in [-0.2, -0.15) is 0 Å². The van der Waals surface area contributed by atoms with Crippen LogP contribution in [0.15, 0.2) is 28.7 Å². The lowest BCUT2D eigenvalue weighted by Gasteiger charge is -2.27. The third-order valence-electron chi connectivity index (χ3n) is 5.34. The fraction of sp³-hybridized carbons (Fsp3) is 0.400. The van der Waals surface area contributed by atoms with Crippen LogP contribution >= 0.6 is 11.3 Å². The summed E-state index contributed by atoms with van der Waals surface area (Å²) in [6, 6.07) is 7.80. The van der Waals surface area contributed by atoms with Crippen LogP contribution in [-0.4, -0.2) is 46.9 Å². The van der Waals surface area contributed by atoms with Gasteiger partial charge in [-0.1, -0.05) is 23.5 Å². The lowest BCUT2D eigenvalue weighted by molar-refractivity contribution is -0.136. The molecule has 1 fully saturated rings. The predicted molar refractivity (Wildman–Crippen MR) is 106 cm³/mol. The van der Waals surface area contributed by atoms with E-state index in [0.29, 0.717) is 43.7 Å². The molecule has 150 valence electrons. The Morgan fingerprint density at radius 1 is 1.34 bits per heavy atom. The van der Waals surface area contributed by atoms with E-state index >= 15 is 0 Å². The third kappa shape index (κ3) is 3.30. The van der Waals surface area contributed by atoms with E-state index in [1.807, 2.05) is 24.3 Å². The highest BCUT2D eigenvalue weighted by molar-refractivity contribution is 7.22. The van der Waals surface area contributed by atoms with Gasteiger partial charge in [0.05, 0.1) is 22.7 Å². The Bertz CT molecular complexity index is 1060. The molecule has 5 rings (SSSR count). The van der Waals surface area contributed by atoms with Gasteiger partial charge in [0.25, 0.3) is 0 Å². The minimum Gasteiger partial charge on any atom is -0.443 e. The monoisotopic (exact) mass is 412 g/mol. The molecule has 1 saturated heterocycles. The Morgan fingerprint density at radius 3 is 3.03 bits per heavy atom. The minimum absolute atomic E-state index is 0.0103. The number of anilines is 1. The van der Waals surface area contributed by atoms with Crippen LogP contribution in [0.3, 0.4) is 0 Å². The van der Waals surface area contributed by atoms with Crippen LogP contribution < -0.4 is 4.90 Å². The van der Waals surface area contributed by atoms with Crippen LogP contribution in [0.1, 0.15) is 23.8 Å². The first-order valence-corrected chi connectivity index (χ1v) is 10.3. The van der Waals surface area contributed by atoms with Gasteiger partial charge in [0.15, 0.2) is 5.13 Å². The molecule has 2 aliphatic heterocycles. The van der Waals surface area contributed by atoms with Crippen LogP contribution in [0.2, 0.25) is 0 Å². The molecule has 2 aromatic heterocycles. The number of benzene rings is 1. The van der Waals surface area contributed by atoms with Crippen molar-refractivity contribution in [2.24, 2.45) is 5.92 Å². The van der Waals surface area contributed by atoms with E-state index in [2.05, 4.69) is 9.97 Å². The Kier molecular flexibility index (Phi) is 4.56. The normalized spacial score (nSPS) is 19.2. The fourth-order valence-electron chi connectivity index (χ4n) is 3.92. The van der Waals surface area contributed by atoms with Gasteiger partial charge in [0, 0.05) is 33.0 Å². The maximum atomic E-state index is 13.1. The van der Waals surface area contributed by atoms with Gasteiger partial charge in [-0.15, -0.1) is 0 Å². The number of carbonyl (C=O) groups is 2. The second-order valence-electron chi connectivity index (χ2n) is 7.29. The van der Waals surface area contributed by atoms with Gasteiger partial charge >= 0.3 is 0 Å². The Labute approximate surface area is 171 Å². The molecule has 8 nitrogen and oxygen atoms in total. The van der Waals surface area contributed by atoms with Crippen molar-refractivity contribution in [3.8, 4) is 0 Å². The van der Waals surface area contributed by atoms with Gasteiger partial charge < -0.3 is 14.1 Å². The molecule has 2 amide bonds. The highest BCUT2D eigenvalue weighted by atomic mass is 32.1. The number of ether oxygens (including phenoxy) is 1. The first-order chi connectivity index (χ1) is 14.1. The van der Waals surface area contributed by atoms with Crippen LogP contribution in [0.4, 0.5) is 5.13 Å². The summed E-state index contributed by atoms with van der Waals surface area (Å²) in [5.74, 6) is 0.929. The van der Waals surface area contributed by atoms with E-state index in [1.54, 1.807) is 16.9 Å². The number of thiazole rings is 1. The van der Waals surface area contributed by atoms with Gasteiger partial charge in [-0.3, -0.25) is 14.5 Å². The third-order valence-corrected chi connectivity index (χ3v) is 6.40. The number of hydrogen-bond acceptors (Lipinski definition) is 7. The largest absolute Gasteiger partial charge is 0.443 e. The molecule has 0 spiro atoms. The van der Waals surface area contributed by atoms with Crippen molar-refractivity contribution in [3.05, 3.63) is 41.6 Å². The Hall–Kier alpha value is -2.78. The van der Waals surface area contributed by atoms with Crippen molar-refractivity contribution in [2.75, 3.05) is 25.1 Å². The minimum atomic E-state index is -0.360. The van der Waals surface area contributed by atoms with Crippen molar-refractivity contribution in [2.45, 2.75) is 26.0 Å². The summed E-state index contributed by atoms with van der Waals surface area (Å²) in [5, 5.41) is 0.660. The average Bonchev–Trinajstić information content (AvgIpc) is 3.42. The summed E-state index contributed by atoms with van der Waals surface area (Å²) in [5.41, 5.74) is 1.65. The summed E-state index contributed by atoms with van der Waals surface area (Å²) < 4.78 is 11.8. The summed E-state index contributed by atoms with van der Waals surface area (Å²) >= 11 is 1.48. The van der Waals surface area contributed by atoms with Crippen LogP contribution in [0.25, 0.3) is 10.2 Å². The maximum absolute atomic E-state index is 13.1. The number of hydrogen-bond donors (Lipinski definition) is 0. The smallest absolute Gasteiger partial charge is 0.229 e. The average molecular weight is 412 g/mol. The molecule has 3 aromatic rings. The van der Waals surface area contributed by atoms with E-state index in [1.165, 1.54) is 11.3 Å². The number of carbonyl (C=O) groups excluding carboxylic acids is 2. The number of oxazole rings is 1. The zero-order chi connectivity index (χ0) is 20.0. The van der Waals surface area contributed by atoms with Crippen LogP contribution in [0, 0.1) is 5.92 Å². The first kappa shape index (κ1) is 18.3. The first-order valence-electron chi connectivity index (χ1n) is 9.53. The quantitative estimate of drug-likeness (QED) is 0.654. The van der Waals surface area contributed by atoms with Gasteiger partial charge in [0.2, 0.25) is 17.7 Å². The van der Waals surface area contributed by atoms with Crippen LogP contribution in [0.5, 0.6) is 0 Å². The van der Waals surface area contributed by atoms with Crippen molar-refractivity contribution in [3.63, 3.8) is 0 Å². The van der Waals surface area contributed by atoms with E-state index in [9.17, 15) is 9.59 Å². The van der Waals surface area contributed by atoms with Gasteiger partial charge in [-0.05, 0) is 12.1 Å². The summed E-state index contributed by atoms with van der Waals surface area (Å²) in [7, 11) is 1.59. The molecule has 9 heteroatoms. The molecule has 1 atom stereocenters. The van der Waals surface area contributed by atoms with Crippen molar-refractivity contribution >= 4 is 38.5 Å². The number of fused-ring (bicyclic) bond motifs is 2. The molecular weight excluding hydrogens is 392 g/mol. The van der Waals surface area contributed by atoms with E-state index < -0.39 is 0 Å². The number of amides is 2. The van der Waals surface area contributed by atoms with E-state index in [-0.39, 0.29) is 24.2 Å². The molecule has 0 N–H and O–H groups in total. The highest BCUT2D eigenvalue weighted by Gasteiger charge is 2.39. The van der Waals surface area contributed by atoms with Crippen molar-refractivity contribution in [1.29, 1.82) is 0 Å². The molecule has 1 aromatic carbocycles. The molecule has 0 aliphatic carbocycles. The second-order valence-corrected chi connectivity index (χ2v) is 8.30. The molecule has 2 aliphatic rings. The number of methoxy groups -OCH3 is 1. The zero-order valence-electron chi connectivity index (χ0n) is 16.0. The lowest BCUT2D eigenvalue weighted by atomic mass is 10.0. The second kappa shape index (κ2) is 7.23. The Balaban J connectivity index is 1.30. The summed E-state index contributed by atoms with van der Waals surface area (Å²) in [6.07, 6.45) is 0.839. The number of nitrogens with zero attached hydrogens (tertiary/aromatic N) is 4. The molecule has 0 saturated carbocycles. The SMILES string of the molecule is COCc1nc2c(o1)CCN(C(=O)C1CC(=O)N(c3nc4ccccc4s3)C1)C2. The van der Waals surface area contributed by atoms with Crippen molar-refractivity contribution in [1.82, 2.24) is 14.9 Å². The summed E-state index contributed by atoms with van der Waals surface area (Å²) in [6.45, 7) is 1.66. The standard InChI is InChI=1S/C20H20N4O4S/c1-27-11-17-21-14-10-23(7-6-15(14)28-17)19(26)12-8-18(25)24(9-12)20-22-13-4-2-3-5-16(13)29-20/h2-5,12H,6-11H2,1H3. The molecule has 1 unspecified atom stereocenters. The predicted octanol–water partition coefficient (Wildman–Crippen LogP) is 2.37. The van der Waals surface area contributed by atoms with E-state index in [4.69, 9.17) is 9.15 Å². The Morgan fingerprint density at radius 2 is 2.21 bits per heavy atom. The zero-order valence-corrected chi connectivity index (χ0v) is 16.8.